The highest BCUT2D eigenvalue weighted by molar-refractivity contribution is 7.93. The second kappa shape index (κ2) is 3.88. The molecule has 0 aliphatic heterocycles. The molecule has 0 saturated heterocycles. The van der Waals surface area contributed by atoms with Crippen LogP contribution in [-0.2, 0) is 10.0 Å². The van der Waals surface area contributed by atoms with E-state index >= 15 is 0 Å². The maximum Gasteiger partial charge on any atom is 0.235 e. The largest absolute Gasteiger partial charge is 0.399 e. The van der Waals surface area contributed by atoms with Crippen LogP contribution in [0.2, 0.25) is 0 Å². The predicted octanol–water partition coefficient (Wildman–Crippen LogP) is 1.42. The van der Waals surface area contributed by atoms with Gasteiger partial charge >= 0.3 is 0 Å². The highest BCUT2D eigenvalue weighted by Crippen LogP contribution is 2.13. The first-order valence-corrected chi connectivity index (χ1v) is 5.83. The van der Waals surface area contributed by atoms with Crippen LogP contribution in [0, 0.1) is 0 Å². The van der Waals surface area contributed by atoms with Gasteiger partial charge in [-0.1, -0.05) is 0 Å². The van der Waals surface area contributed by atoms with Gasteiger partial charge in [0.15, 0.2) is 0 Å². The van der Waals surface area contributed by atoms with Crippen molar-refractivity contribution in [2.75, 3.05) is 10.5 Å². The smallest absolute Gasteiger partial charge is 0.235 e. The molecule has 4 nitrogen and oxygen atoms in total. The Balaban J connectivity index is 2.85. The molecular weight excluding hydrogens is 200 g/mol. The minimum atomic E-state index is -3.25. The lowest BCUT2D eigenvalue weighted by atomic mass is 10.3. The molecule has 0 bridgehead atoms. The summed E-state index contributed by atoms with van der Waals surface area (Å²) >= 11 is 0. The molecule has 0 amide bonds. The lowest BCUT2D eigenvalue weighted by Crippen LogP contribution is -2.22. The fraction of sp³-hybridized carbons (Fsp3) is 0.333. The minimum Gasteiger partial charge on any atom is -0.399 e. The van der Waals surface area contributed by atoms with Crippen LogP contribution in [0.3, 0.4) is 0 Å². The number of rotatable bonds is 3. The third-order valence-electron chi connectivity index (χ3n) is 1.79. The number of benzene rings is 1. The van der Waals surface area contributed by atoms with Crippen molar-refractivity contribution in [3.63, 3.8) is 0 Å². The molecule has 0 saturated carbocycles. The van der Waals surface area contributed by atoms with Crippen LogP contribution in [-0.4, -0.2) is 13.7 Å². The van der Waals surface area contributed by atoms with Crippen LogP contribution in [0.25, 0.3) is 0 Å². The van der Waals surface area contributed by atoms with E-state index < -0.39 is 15.3 Å². The number of hydrogen-bond donors (Lipinski definition) is 2. The van der Waals surface area contributed by atoms with E-state index in [0.29, 0.717) is 11.4 Å². The van der Waals surface area contributed by atoms with Gasteiger partial charge in [0.05, 0.1) is 5.25 Å². The van der Waals surface area contributed by atoms with Crippen molar-refractivity contribution in [1.29, 1.82) is 0 Å². The summed E-state index contributed by atoms with van der Waals surface area (Å²) in [4.78, 5) is 0. The molecule has 14 heavy (non-hydrogen) atoms. The molecule has 3 N–H and O–H groups in total. The van der Waals surface area contributed by atoms with Crippen LogP contribution in [0.1, 0.15) is 13.8 Å². The van der Waals surface area contributed by atoms with Crippen LogP contribution >= 0.6 is 0 Å². The van der Waals surface area contributed by atoms with Crippen LogP contribution in [0.4, 0.5) is 11.4 Å². The zero-order valence-electron chi connectivity index (χ0n) is 8.19. The third-order valence-corrected chi connectivity index (χ3v) is 3.55. The second-order valence-corrected chi connectivity index (χ2v) is 5.55. The van der Waals surface area contributed by atoms with Gasteiger partial charge in [-0.25, -0.2) is 8.42 Å². The number of hydrogen-bond acceptors (Lipinski definition) is 3. The number of nitrogen functional groups attached to an aromatic ring is 1. The van der Waals surface area contributed by atoms with E-state index in [1.807, 2.05) is 0 Å². The minimum absolute atomic E-state index is 0.444. The summed E-state index contributed by atoms with van der Waals surface area (Å²) in [5.74, 6) is 0. The van der Waals surface area contributed by atoms with Crippen molar-refractivity contribution in [3.05, 3.63) is 24.3 Å². The monoisotopic (exact) mass is 214 g/mol. The van der Waals surface area contributed by atoms with Gasteiger partial charge in [0.1, 0.15) is 0 Å². The Labute approximate surface area is 84.2 Å². The summed E-state index contributed by atoms with van der Waals surface area (Å²) in [7, 11) is -3.25. The summed E-state index contributed by atoms with van der Waals surface area (Å²) < 4.78 is 25.3. The average molecular weight is 214 g/mol. The van der Waals surface area contributed by atoms with Gasteiger partial charge in [0, 0.05) is 11.4 Å². The summed E-state index contributed by atoms with van der Waals surface area (Å²) in [5.41, 5.74) is 6.62. The molecule has 1 rings (SSSR count). The van der Waals surface area contributed by atoms with Gasteiger partial charge in [0.25, 0.3) is 0 Å². The van der Waals surface area contributed by atoms with Gasteiger partial charge in [-0.3, -0.25) is 4.72 Å². The Bertz CT molecular complexity index is 395. The van der Waals surface area contributed by atoms with E-state index in [1.54, 1.807) is 38.1 Å². The Morgan fingerprint density at radius 2 is 1.71 bits per heavy atom. The van der Waals surface area contributed by atoms with E-state index in [2.05, 4.69) is 4.72 Å². The second-order valence-electron chi connectivity index (χ2n) is 3.32. The highest BCUT2D eigenvalue weighted by Gasteiger charge is 2.14. The van der Waals surface area contributed by atoms with Crippen LogP contribution in [0.15, 0.2) is 24.3 Å². The molecule has 0 unspecified atom stereocenters. The molecule has 0 spiro atoms. The molecule has 78 valence electrons. The Morgan fingerprint density at radius 3 is 2.14 bits per heavy atom. The molecule has 0 radical (unpaired) electrons. The predicted molar refractivity (Wildman–Crippen MR) is 58.5 cm³/mol. The first-order chi connectivity index (χ1) is 6.42. The molecule has 1 aromatic carbocycles. The number of anilines is 2. The van der Waals surface area contributed by atoms with E-state index in [4.69, 9.17) is 5.73 Å². The maximum atomic E-state index is 11.4. The highest BCUT2D eigenvalue weighted by atomic mass is 32.2. The van der Waals surface area contributed by atoms with E-state index in [0.717, 1.165) is 0 Å². The first kappa shape index (κ1) is 10.8. The van der Waals surface area contributed by atoms with E-state index in [9.17, 15) is 8.42 Å². The lowest BCUT2D eigenvalue weighted by Gasteiger charge is -2.10. The molecule has 0 aromatic heterocycles. The van der Waals surface area contributed by atoms with E-state index in [-0.39, 0.29) is 0 Å². The van der Waals surface area contributed by atoms with Crippen molar-refractivity contribution in [1.82, 2.24) is 0 Å². The molecule has 0 fully saturated rings. The Morgan fingerprint density at radius 1 is 1.21 bits per heavy atom. The van der Waals surface area contributed by atoms with Crippen molar-refractivity contribution >= 4 is 21.4 Å². The van der Waals surface area contributed by atoms with Crippen molar-refractivity contribution in [2.45, 2.75) is 19.1 Å². The lowest BCUT2D eigenvalue weighted by molar-refractivity contribution is 0.593. The SMILES string of the molecule is CC(C)S(=O)(=O)Nc1ccc(N)cc1. The zero-order valence-corrected chi connectivity index (χ0v) is 9.01. The quantitative estimate of drug-likeness (QED) is 0.747. The van der Waals surface area contributed by atoms with Gasteiger partial charge in [-0.05, 0) is 38.1 Å². The Kier molecular flexibility index (Phi) is 3.00. The summed E-state index contributed by atoms with van der Waals surface area (Å²) in [6, 6.07) is 6.57. The number of sulfonamides is 1. The molecule has 0 heterocycles. The van der Waals surface area contributed by atoms with Crippen LogP contribution < -0.4 is 10.5 Å². The van der Waals surface area contributed by atoms with E-state index in [1.165, 1.54) is 0 Å². The third kappa shape index (κ3) is 2.63. The topological polar surface area (TPSA) is 72.2 Å². The average Bonchev–Trinajstić information content (AvgIpc) is 2.08. The summed E-state index contributed by atoms with van der Waals surface area (Å²) in [5, 5.41) is -0.444. The van der Waals surface area contributed by atoms with Gasteiger partial charge in [-0.15, -0.1) is 0 Å². The zero-order chi connectivity index (χ0) is 10.8. The Hall–Kier alpha value is -1.23. The standard InChI is InChI=1S/C9H14N2O2S/c1-7(2)14(12,13)11-9-5-3-8(10)4-6-9/h3-7,11H,10H2,1-2H3. The fourth-order valence-corrected chi connectivity index (χ4v) is 1.53. The molecule has 0 aliphatic rings. The van der Waals surface area contributed by atoms with Gasteiger partial charge in [0.2, 0.25) is 10.0 Å². The number of nitrogens with one attached hydrogen (secondary N) is 1. The van der Waals surface area contributed by atoms with Crippen molar-refractivity contribution in [3.8, 4) is 0 Å². The summed E-state index contributed by atoms with van der Waals surface area (Å²) in [6.45, 7) is 3.25. The van der Waals surface area contributed by atoms with Crippen LogP contribution in [0.5, 0.6) is 0 Å². The molecular formula is C9H14N2O2S. The van der Waals surface area contributed by atoms with Crippen molar-refractivity contribution < 1.29 is 8.42 Å². The first-order valence-electron chi connectivity index (χ1n) is 4.29. The molecule has 0 aliphatic carbocycles. The van der Waals surface area contributed by atoms with Gasteiger partial charge in [-0.2, -0.15) is 0 Å². The fourth-order valence-electron chi connectivity index (χ4n) is 0.833. The van der Waals surface area contributed by atoms with Gasteiger partial charge < -0.3 is 5.73 Å². The molecule has 0 atom stereocenters. The number of nitrogens with two attached hydrogens (primary N) is 1. The van der Waals surface area contributed by atoms with Crippen molar-refractivity contribution in [2.24, 2.45) is 0 Å². The normalized spacial score (nSPS) is 11.6. The molecule has 1 aromatic rings. The maximum absolute atomic E-state index is 11.4. The summed E-state index contributed by atoms with van der Waals surface area (Å²) in [6.07, 6.45) is 0. The molecule has 5 heteroatoms.